The Labute approximate surface area is 219 Å². The molecule has 0 spiro atoms. The third-order valence-electron chi connectivity index (χ3n) is 6.92. The number of amides is 1. The van der Waals surface area contributed by atoms with Crippen LogP contribution in [0, 0.1) is 18.7 Å². The van der Waals surface area contributed by atoms with Gasteiger partial charge in [0.2, 0.25) is 5.91 Å². The Kier molecular flexibility index (Phi) is 5.25. The van der Waals surface area contributed by atoms with Crippen molar-refractivity contribution in [2.45, 2.75) is 26.2 Å². The van der Waals surface area contributed by atoms with Crippen molar-refractivity contribution in [3.63, 3.8) is 0 Å². The highest BCUT2D eigenvalue weighted by atomic mass is 32.1. The molecule has 6 heterocycles. The Hall–Kier alpha value is -4.51. The standard InChI is InChI=1S/C27H21FN8OS/c1-13-5-6-19(38-13)17-7-8-30-25-23(17)33-26(34-25)24-20-18(35-36-24)12-31-22(21(20)28)15-9-16(11-29-10-15)32-27(37)14-3-2-4-14/h5-12,14H,2-4H2,1H3,(H,32,37)(H,35,36)(H,30,33,34). The lowest BCUT2D eigenvalue weighted by molar-refractivity contribution is -0.122. The molecule has 1 saturated carbocycles. The number of anilines is 1. The van der Waals surface area contributed by atoms with Crippen LogP contribution in [0.2, 0.25) is 0 Å². The van der Waals surface area contributed by atoms with Crippen LogP contribution in [-0.4, -0.2) is 41.0 Å². The molecule has 1 aliphatic carbocycles. The fourth-order valence-electron chi connectivity index (χ4n) is 4.71. The molecule has 0 atom stereocenters. The topological polar surface area (TPSA) is 125 Å². The minimum atomic E-state index is -0.557. The first kappa shape index (κ1) is 22.7. The van der Waals surface area contributed by atoms with Gasteiger partial charge in [0.05, 0.1) is 34.5 Å². The summed E-state index contributed by atoms with van der Waals surface area (Å²) in [5.41, 5.74) is 4.08. The lowest BCUT2D eigenvalue weighted by Crippen LogP contribution is -2.28. The van der Waals surface area contributed by atoms with E-state index in [2.05, 4.69) is 59.5 Å². The summed E-state index contributed by atoms with van der Waals surface area (Å²) < 4.78 is 16.0. The van der Waals surface area contributed by atoms with Gasteiger partial charge in [0.15, 0.2) is 17.3 Å². The normalized spacial score (nSPS) is 13.7. The maximum absolute atomic E-state index is 16.0. The van der Waals surface area contributed by atoms with E-state index in [0.717, 1.165) is 35.2 Å². The summed E-state index contributed by atoms with van der Waals surface area (Å²) in [7, 11) is 0. The molecule has 0 radical (unpaired) electrons. The zero-order chi connectivity index (χ0) is 25.8. The second-order valence-corrected chi connectivity index (χ2v) is 10.7. The van der Waals surface area contributed by atoms with Crippen molar-refractivity contribution in [2.24, 2.45) is 5.92 Å². The molecular weight excluding hydrogens is 503 g/mol. The first-order valence-electron chi connectivity index (χ1n) is 12.3. The first-order valence-corrected chi connectivity index (χ1v) is 13.1. The molecule has 0 bridgehead atoms. The van der Waals surface area contributed by atoms with E-state index in [4.69, 9.17) is 0 Å². The minimum Gasteiger partial charge on any atom is -0.335 e. The lowest BCUT2D eigenvalue weighted by atomic mass is 9.85. The molecule has 1 aliphatic rings. The van der Waals surface area contributed by atoms with Gasteiger partial charge in [0, 0.05) is 39.2 Å². The van der Waals surface area contributed by atoms with Gasteiger partial charge < -0.3 is 10.3 Å². The Morgan fingerprint density at radius 2 is 2.03 bits per heavy atom. The number of nitrogens with zero attached hydrogens (tertiary/aromatic N) is 5. The number of carbonyl (C=O) groups is 1. The van der Waals surface area contributed by atoms with E-state index in [0.29, 0.717) is 33.9 Å². The maximum atomic E-state index is 16.0. The van der Waals surface area contributed by atoms with Gasteiger partial charge in [-0.15, -0.1) is 11.3 Å². The van der Waals surface area contributed by atoms with E-state index in [1.807, 2.05) is 6.07 Å². The van der Waals surface area contributed by atoms with Gasteiger partial charge >= 0.3 is 0 Å². The summed E-state index contributed by atoms with van der Waals surface area (Å²) in [4.78, 5) is 35.5. The molecule has 6 aromatic rings. The molecule has 6 aromatic heterocycles. The molecule has 188 valence electrons. The molecule has 3 N–H and O–H groups in total. The SMILES string of the molecule is Cc1ccc(-c2ccnc3nc(-c4n[nH]c5cnc(-c6cncc(NC(=O)C7CCC7)c6)c(F)c45)[nH]c23)s1. The van der Waals surface area contributed by atoms with Gasteiger partial charge in [-0.2, -0.15) is 5.10 Å². The summed E-state index contributed by atoms with van der Waals surface area (Å²) in [6.07, 6.45) is 9.16. The molecule has 0 aliphatic heterocycles. The monoisotopic (exact) mass is 524 g/mol. The summed E-state index contributed by atoms with van der Waals surface area (Å²) in [6.45, 7) is 2.06. The molecule has 11 heteroatoms. The number of hydrogen-bond acceptors (Lipinski definition) is 7. The van der Waals surface area contributed by atoms with Crippen molar-refractivity contribution in [2.75, 3.05) is 5.32 Å². The van der Waals surface area contributed by atoms with Crippen molar-refractivity contribution < 1.29 is 9.18 Å². The molecule has 0 aromatic carbocycles. The second-order valence-electron chi connectivity index (χ2n) is 9.41. The van der Waals surface area contributed by atoms with Crippen LogP contribution in [0.4, 0.5) is 10.1 Å². The fourth-order valence-corrected chi connectivity index (χ4v) is 5.61. The fraction of sp³-hybridized carbons (Fsp3) is 0.185. The highest BCUT2D eigenvalue weighted by molar-refractivity contribution is 7.15. The molecule has 0 unspecified atom stereocenters. The minimum absolute atomic E-state index is 0.0287. The zero-order valence-corrected chi connectivity index (χ0v) is 21.1. The van der Waals surface area contributed by atoms with Crippen molar-refractivity contribution >= 4 is 45.0 Å². The predicted octanol–water partition coefficient (Wildman–Crippen LogP) is 5.87. The molecule has 38 heavy (non-hydrogen) atoms. The van der Waals surface area contributed by atoms with Gasteiger partial charge in [-0.25, -0.2) is 14.4 Å². The van der Waals surface area contributed by atoms with E-state index in [9.17, 15) is 4.79 Å². The summed E-state index contributed by atoms with van der Waals surface area (Å²) in [6, 6.07) is 7.75. The number of imidazole rings is 1. The third-order valence-corrected chi connectivity index (χ3v) is 7.96. The number of aryl methyl sites for hydroxylation is 1. The number of aromatic nitrogens is 7. The van der Waals surface area contributed by atoms with Crippen LogP contribution >= 0.6 is 11.3 Å². The number of aromatic amines is 2. The number of hydrogen-bond donors (Lipinski definition) is 3. The smallest absolute Gasteiger partial charge is 0.227 e. The lowest BCUT2D eigenvalue weighted by Gasteiger charge is -2.24. The number of fused-ring (bicyclic) bond motifs is 2. The summed E-state index contributed by atoms with van der Waals surface area (Å²) in [5.74, 6) is -0.166. The van der Waals surface area contributed by atoms with E-state index < -0.39 is 5.82 Å². The Balaban J connectivity index is 1.30. The predicted molar refractivity (Wildman–Crippen MR) is 144 cm³/mol. The van der Waals surface area contributed by atoms with Gasteiger partial charge in [0.25, 0.3) is 0 Å². The van der Waals surface area contributed by atoms with E-state index in [-0.39, 0.29) is 22.9 Å². The number of pyridine rings is 3. The maximum Gasteiger partial charge on any atom is 0.227 e. The van der Waals surface area contributed by atoms with Crippen molar-refractivity contribution in [1.82, 2.24) is 35.1 Å². The quantitative estimate of drug-likeness (QED) is 0.259. The Morgan fingerprint density at radius 3 is 2.82 bits per heavy atom. The van der Waals surface area contributed by atoms with Crippen molar-refractivity contribution in [3.05, 3.63) is 59.7 Å². The van der Waals surface area contributed by atoms with Crippen LogP contribution in [0.25, 0.3) is 55.3 Å². The first-order chi connectivity index (χ1) is 18.5. The van der Waals surface area contributed by atoms with Crippen molar-refractivity contribution in [1.29, 1.82) is 0 Å². The number of H-pyrrole nitrogens is 2. The van der Waals surface area contributed by atoms with Crippen LogP contribution in [0.5, 0.6) is 0 Å². The summed E-state index contributed by atoms with van der Waals surface area (Å²) >= 11 is 1.68. The summed E-state index contributed by atoms with van der Waals surface area (Å²) in [5, 5.41) is 10.4. The van der Waals surface area contributed by atoms with Crippen molar-refractivity contribution in [3.8, 4) is 33.2 Å². The molecule has 1 fully saturated rings. The highest BCUT2D eigenvalue weighted by Crippen LogP contribution is 2.36. The van der Waals surface area contributed by atoms with E-state index >= 15 is 4.39 Å². The van der Waals surface area contributed by atoms with Gasteiger partial charge in [-0.05, 0) is 44.0 Å². The second kappa shape index (κ2) is 8.80. The zero-order valence-electron chi connectivity index (χ0n) is 20.2. The Bertz CT molecular complexity index is 1850. The highest BCUT2D eigenvalue weighted by Gasteiger charge is 2.26. The van der Waals surface area contributed by atoms with Crippen LogP contribution < -0.4 is 5.32 Å². The molecule has 7 rings (SSSR count). The average molecular weight is 525 g/mol. The molecular formula is C27H21FN8OS. The third kappa shape index (κ3) is 3.74. The number of carbonyl (C=O) groups excluding carboxylic acids is 1. The van der Waals surface area contributed by atoms with E-state index in [1.165, 1.54) is 17.3 Å². The van der Waals surface area contributed by atoms with Crippen LogP contribution in [0.3, 0.4) is 0 Å². The van der Waals surface area contributed by atoms with Crippen LogP contribution in [0.15, 0.2) is 49.1 Å². The van der Waals surface area contributed by atoms with Gasteiger partial charge in [-0.3, -0.25) is 19.9 Å². The number of rotatable bonds is 5. The van der Waals surface area contributed by atoms with Crippen LogP contribution in [0.1, 0.15) is 24.1 Å². The molecule has 9 nitrogen and oxygen atoms in total. The average Bonchev–Trinajstić information content (AvgIpc) is 3.61. The Morgan fingerprint density at radius 1 is 1.13 bits per heavy atom. The van der Waals surface area contributed by atoms with Gasteiger partial charge in [-0.1, -0.05) is 6.42 Å². The van der Waals surface area contributed by atoms with E-state index in [1.54, 1.807) is 29.8 Å². The number of nitrogens with one attached hydrogen (secondary N) is 3. The van der Waals surface area contributed by atoms with Crippen LogP contribution in [-0.2, 0) is 4.79 Å². The van der Waals surface area contributed by atoms with Gasteiger partial charge in [0.1, 0.15) is 11.4 Å². The number of halogens is 1. The number of thiophene rings is 1. The molecule has 1 amide bonds. The largest absolute Gasteiger partial charge is 0.335 e. The molecule has 0 saturated heterocycles.